The first kappa shape index (κ1) is 15.2. The van der Waals surface area contributed by atoms with Crippen molar-refractivity contribution in [1.29, 1.82) is 0 Å². The second-order valence-electron chi connectivity index (χ2n) is 4.25. The lowest BCUT2D eigenvalue weighted by molar-refractivity contribution is -0.140. The van der Waals surface area contributed by atoms with Crippen molar-refractivity contribution in [3.05, 3.63) is 53.6 Å². The zero-order valence-electron chi connectivity index (χ0n) is 11.0. The summed E-state index contributed by atoms with van der Waals surface area (Å²) >= 11 is 0. The SMILES string of the molecule is CNCc1cc(Oc2ccc(F)c(C(F)(F)F)c2)ccn1. The molecule has 7 heteroatoms. The minimum Gasteiger partial charge on any atom is -0.457 e. The summed E-state index contributed by atoms with van der Waals surface area (Å²) in [5.41, 5.74) is -0.683. The molecule has 0 saturated carbocycles. The molecule has 21 heavy (non-hydrogen) atoms. The molecular weight excluding hydrogens is 288 g/mol. The number of ether oxygens (including phenoxy) is 1. The van der Waals surface area contributed by atoms with E-state index < -0.39 is 17.6 Å². The van der Waals surface area contributed by atoms with Gasteiger partial charge in [0, 0.05) is 18.8 Å². The van der Waals surface area contributed by atoms with Gasteiger partial charge in [-0.25, -0.2) is 4.39 Å². The van der Waals surface area contributed by atoms with Crippen LogP contribution in [0.3, 0.4) is 0 Å². The van der Waals surface area contributed by atoms with Gasteiger partial charge in [-0.05, 0) is 31.3 Å². The first-order valence-corrected chi connectivity index (χ1v) is 6.04. The molecule has 2 rings (SSSR count). The third-order valence-electron chi connectivity index (χ3n) is 2.62. The number of pyridine rings is 1. The maximum absolute atomic E-state index is 13.2. The Morgan fingerprint density at radius 2 is 1.86 bits per heavy atom. The summed E-state index contributed by atoms with van der Waals surface area (Å²) in [5, 5.41) is 2.90. The number of nitrogens with one attached hydrogen (secondary N) is 1. The number of hydrogen-bond acceptors (Lipinski definition) is 3. The Kier molecular flexibility index (Phi) is 4.42. The molecule has 112 valence electrons. The second-order valence-corrected chi connectivity index (χ2v) is 4.25. The highest BCUT2D eigenvalue weighted by molar-refractivity contribution is 5.36. The summed E-state index contributed by atoms with van der Waals surface area (Å²) in [6.45, 7) is 0.494. The monoisotopic (exact) mass is 300 g/mol. The highest BCUT2D eigenvalue weighted by Crippen LogP contribution is 2.34. The van der Waals surface area contributed by atoms with Crippen LogP contribution in [0.25, 0.3) is 0 Å². The van der Waals surface area contributed by atoms with Crippen LogP contribution in [0.1, 0.15) is 11.3 Å². The van der Waals surface area contributed by atoms with Gasteiger partial charge in [0.05, 0.1) is 11.3 Å². The number of nitrogens with zero attached hydrogens (tertiary/aromatic N) is 1. The molecule has 0 radical (unpaired) electrons. The van der Waals surface area contributed by atoms with Crippen molar-refractivity contribution >= 4 is 0 Å². The Bertz CT molecular complexity index is 629. The topological polar surface area (TPSA) is 34.1 Å². The van der Waals surface area contributed by atoms with Crippen molar-refractivity contribution < 1.29 is 22.3 Å². The van der Waals surface area contributed by atoms with Crippen molar-refractivity contribution in [3.63, 3.8) is 0 Å². The molecule has 0 unspecified atom stereocenters. The Labute approximate surface area is 118 Å². The van der Waals surface area contributed by atoms with Crippen molar-refractivity contribution in [2.45, 2.75) is 12.7 Å². The molecule has 0 aliphatic carbocycles. The average Bonchev–Trinajstić information content (AvgIpc) is 2.40. The fourth-order valence-electron chi connectivity index (χ4n) is 1.72. The van der Waals surface area contributed by atoms with Crippen LogP contribution in [-0.4, -0.2) is 12.0 Å². The zero-order valence-corrected chi connectivity index (χ0v) is 11.0. The Morgan fingerprint density at radius 3 is 2.52 bits per heavy atom. The van der Waals surface area contributed by atoms with Gasteiger partial charge >= 0.3 is 6.18 Å². The first-order valence-electron chi connectivity index (χ1n) is 6.04. The van der Waals surface area contributed by atoms with Crippen LogP contribution in [0, 0.1) is 5.82 Å². The maximum atomic E-state index is 13.2. The number of benzene rings is 1. The van der Waals surface area contributed by atoms with Crippen molar-refractivity contribution in [1.82, 2.24) is 10.3 Å². The maximum Gasteiger partial charge on any atom is 0.419 e. The van der Waals surface area contributed by atoms with E-state index in [1.165, 1.54) is 12.3 Å². The molecule has 0 saturated heterocycles. The minimum absolute atomic E-state index is 0.0923. The number of rotatable bonds is 4. The molecule has 0 aliphatic rings. The summed E-state index contributed by atoms with van der Waals surface area (Å²) in [7, 11) is 1.74. The minimum atomic E-state index is -4.76. The molecule has 0 bridgehead atoms. The van der Waals surface area contributed by atoms with Gasteiger partial charge in [0.1, 0.15) is 17.3 Å². The molecule has 0 amide bonds. The van der Waals surface area contributed by atoms with Gasteiger partial charge < -0.3 is 10.1 Å². The lowest BCUT2D eigenvalue weighted by Crippen LogP contribution is -2.08. The molecule has 0 fully saturated rings. The third kappa shape index (κ3) is 3.91. The number of halogens is 4. The molecule has 1 heterocycles. The molecule has 3 nitrogen and oxygen atoms in total. The molecular formula is C14H12F4N2O. The summed E-state index contributed by atoms with van der Waals surface area (Å²) < 4.78 is 56.4. The Hall–Kier alpha value is -2.15. The normalized spacial score (nSPS) is 11.5. The van der Waals surface area contributed by atoms with E-state index in [-0.39, 0.29) is 5.75 Å². The summed E-state index contributed by atoms with van der Waals surface area (Å²) in [5.74, 6) is -1.10. The number of hydrogen-bond donors (Lipinski definition) is 1. The molecule has 2 aromatic rings. The lowest BCUT2D eigenvalue weighted by atomic mass is 10.2. The summed E-state index contributed by atoms with van der Waals surface area (Å²) in [6.07, 6.45) is -3.28. The van der Waals surface area contributed by atoms with Crippen molar-refractivity contribution in [2.75, 3.05) is 7.05 Å². The van der Waals surface area contributed by atoms with E-state index in [0.29, 0.717) is 24.1 Å². The predicted molar refractivity (Wildman–Crippen MR) is 68.5 cm³/mol. The smallest absolute Gasteiger partial charge is 0.419 e. The predicted octanol–water partition coefficient (Wildman–Crippen LogP) is 3.75. The van der Waals surface area contributed by atoms with E-state index in [1.807, 2.05) is 0 Å². The van der Waals surface area contributed by atoms with Crippen LogP contribution in [0.15, 0.2) is 36.5 Å². The van der Waals surface area contributed by atoms with Crippen LogP contribution < -0.4 is 10.1 Å². The van der Waals surface area contributed by atoms with Crippen molar-refractivity contribution in [3.8, 4) is 11.5 Å². The largest absolute Gasteiger partial charge is 0.457 e. The summed E-state index contributed by atoms with van der Waals surface area (Å²) in [4.78, 5) is 4.06. The van der Waals surface area contributed by atoms with Crippen LogP contribution in [0.4, 0.5) is 17.6 Å². The van der Waals surface area contributed by atoms with Gasteiger partial charge in [0.25, 0.3) is 0 Å². The molecule has 1 aromatic heterocycles. The Morgan fingerprint density at radius 1 is 1.14 bits per heavy atom. The molecule has 0 atom stereocenters. The van der Waals surface area contributed by atoms with E-state index in [1.54, 1.807) is 13.1 Å². The van der Waals surface area contributed by atoms with Crippen LogP contribution in [-0.2, 0) is 12.7 Å². The highest BCUT2D eigenvalue weighted by Gasteiger charge is 2.34. The van der Waals surface area contributed by atoms with Gasteiger partial charge in [-0.15, -0.1) is 0 Å². The van der Waals surface area contributed by atoms with E-state index in [0.717, 1.165) is 12.1 Å². The standard InChI is InChI=1S/C14H12F4N2O/c1-19-8-9-6-11(4-5-20-9)21-10-2-3-13(15)12(7-10)14(16,17)18/h2-7,19H,8H2,1H3. The molecule has 0 spiro atoms. The van der Waals surface area contributed by atoms with E-state index >= 15 is 0 Å². The quantitative estimate of drug-likeness (QED) is 0.873. The summed E-state index contributed by atoms with van der Waals surface area (Å²) in [6, 6.07) is 5.60. The van der Waals surface area contributed by atoms with Crippen molar-refractivity contribution in [2.24, 2.45) is 0 Å². The molecule has 1 N–H and O–H groups in total. The fourth-order valence-corrected chi connectivity index (χ4v) is 1.72. The van der Waals surface area contributed by atoms with Crippen LogP contribution in [0.5, 0.6) is 11.5 Å². The van der Waals surface area contributed by atoms with E-state index in [9.17, 15) is 17.6 Å². The molecule has 1 aromatic carbocycles. The first-order chi connectivity index (χ1) is 9.90. The van der Waals surface area contributed by atoms with Gasteiger partial charge in [-0.1, -0.05) is 0 Å². The average molecular weight is 300 g/mol. The fraction of sp³-hybridized carbons (Fsp3) is 0.214. The second kappa shape index (κ2) is 6.09. The highest BCUT2D eigenvalue weighted by atomic mass is 19.4. The molecule has 0 aliphatic heterocycles. The van der Waals surface area contributed by atoms with Gasteiger partial charge in [-0.2, -0.15) is 13.2 Å². The van der Waals surface area contributed by atoms with Crippen LogP contribution >= 0.6 is 0 Å². The van der Waals surface area contributed by atoms with Crippen LogP contribution in [0.2, 0.25) is 0 Å². The van der Waals surface area contributed by atoms with Gasteiger partial charge in [-0.3, -0.25) is 4.98 Å². The Balaban J connectivity index is 2.26. The van der Waals surface area contributed by atoms with Gasteiger partial charge in [0.15, 0.2) is 0 Å². The zero-order chi connectivity index (χ0) is 15.5. The number of aromatic nitrogens is 1. The third-order valence-corrected chi connectivity index (χ3v) is 2.62. The lowest BCUT2D eigenvalue weighted by Gasteiger charge is -2.11. The van der Waals surface area contributed by atoms with E-state index in [4.69, 9.17) is 4.74 Å². The van der Waals surface area contributed by atoms with Gasteiger partial charge in [0.2, 0.25) is 0 Å². The number of alkyl halides is 3. The van der Waals surface area contributed by atoms with E-state index in [2.05, 4.69) is 10.3 Å².